The first-order chi connectivity index (χ1) is 40.3. The van der Waals surface area contributed by atoms with Crippen molar-refractivity contribution < 1.29 is 29.5 Å². The molecule has 0 saturated carbocycles. The molecule has 18 nitrogen and oxygen atoms in total. The Balaban J connectivity index is 1.13. The normalized spacial score (nSPS) is 12.9. The van der Waals surface area contributed by atoms with Crippen molar-refractivity contribution in [2.45, 2.75) is 130 Å². The van der Waals surface area contributed by atoms with E-state index in [9.17, 15) is 49.6 Å². The fraction of sp³-hybridized carbons (Fsp3) is 0.353. The number of phenolic OH excluding ortho intramolecular Hbond substituents is 2. The van der Waals surface area contributed by atoms with E-state index in [0.717, 1.165) is 44.5 Å². The molecule has 0 amide bonds. The maximum Gasteiger partial charge on any atom is 0.269 e. The lowest BCUT2D eigenvalue weighted by Gasteiger charge is -2.28. The van der Waals surface area contributed by atoms with E-state index in [4.69, 9.17) is 9.47 Å². The van der Waals surface area contributed by atoms with Crippen molar-refractivity contribution in [3.63, 3.8) is 0 Å². The van der Waals surface area contributed by atoms with Crippen LogP contribution in [0.15, 0.2) is 116 Å². The number of phenols is 2. The van der Waals surface area contributed by atoms with Crippen molar-refractivity contribution in [3.05, 3.63) is 225 Å². The number of rotatable bonds is 16. The van der Waals surface area contributed by atoms with Gasteiger partial charge in [0.25, 0.3) is 33.1 Å². The molecule has 0 atom stereocenters. The highest BCUT2D eigenvalue weighted by molar-refractivity contribution is 5.80. The average Bonchev–Trinajstić information content (AvgIpc) is 1.09. The van der Waals surface area contributed by atoms with Crippen LogP contribution in [0.5, 0.6) is 23.0 Å². The summed E-state index contributed by atoms with van der Waals surface area (Å²) in [5.41, 5.74) is 5.99. The summed E-state index contributed by atoms with van der Waals surface area (Å²) in [6.07, 6.45) is 0.903. The van der Waals surface area contributed by atoms with Crippen LogP contribution >= 0.6 is 0 Å². The first-order valence-corrected chi connectivity index (χ1v) is 28.7. The molecule has 6 N–H and O–H groups in total. The molecule has 9 rings (SSSR count). The van der Waals surface area contributed by atoms with Crippen molar-refractivity contribution in [3.8, 4) is 23.0 Å². The summed E-state index contributed by atoms with van der Waals surface area (Å²) in [6, 6.07) is 27.6. The Kier molecular flexibility index (Phi) is 16.6. The van der Waals surface area contributed by atoms with Gasteiger partial charge in [-0.1, -0.05) is 132 Å². The van der Waals surface area contributed by atoms with E-state index in [1.165, 1.54) is 48.5 Å². The van der Waals surface area contributed by atoms with Gasteiger partial charge in [-0.2, -0.15) is 0 Å². The Morgan fingerprint density at radius 3 is 0.895 bits per heavy atom. The van der Waals surface area contributed by atoms with Gasteiger partial charge >= 0.3 is 0 Å². The maximum atomic E-state index is 13.0. The molecule has 0 spiro atoms. The molecular weight excluding hydrogens is 1090 g/mol. The Morgan fingerprint density at radius 1 is 0.407 bits per heavy atom. The number of benzene rings is 6. The van der Waals surface area contributed by atoms with Gasteiger partial charge < -0.3 is 41.0 Å². The standard InChI is InChI=1S/C68H74N6O12/c1-65(2,3)45-29-37-25-41-33-47(67(7,8)9)35-43(63(41)85-23-21-69-53-55(61(79)59(53)77)71-49-13-17-51(18-14-49)73(81)82)27-39-31-46(66(4,5)6)32-40(58(39)76)28-44-36-48(68(10,11)12)34-42(26-38(30-45)57(37)75)64(44)86-24-22-70-54-56(62(80)60(54)78)72-50-15-19-52(20-16-50)74(83)84/h13-20,29-36,69-72,75-76H,21-28H2,1-12H3. The molecule has 0 aromatic heterocycles. The van der Waals surface area contributed by atoms with Gasteiger partial charge in [-0.05, 0) is 113 Å². The quantitative estimate of drug-likeness (QED) is 0.0227. The van der Waals surface area contributed by atoms with Gasteiger partial charge in [0.05, 0.1) is 9.85 Å². The summed E-state index contributed by atoms with van der Waals surface area (Å²) < 4.78 is 13.8. The molecule has 0 heterocycles. The van der Waals surface area contributed by atoms with Crippen LogP contribution in [0.1, 0.15) is 150 Å². The van der Waals surface area contributed by atoms with Crippen molar-refractivity contribution in [1.82, 2.24) is 0 Å². The minimum Gasteiger partial charge on any atom is -0.507 e. The van der Waals surface area contributed by atoms with Crippen molar-refractivity contribution in [1.29, 1.82) is 0 Å². The van der Waals surface area contributed by atoms with Crippen LogP contribution < -0.4 is 52.5 Å². The second-order valence-corrected chi connectivity index (χ2v) is 26.5. The largest absolute Gasteiger partial charge is 0.507 e. The zero-order valence-corrected chi connectivity index (χ0v) is 50.8. The number of anilines is 6. The topological polar surface area (TPSA) is 262 Å². The van der Waals surface area contributed by atoms with E-state index in [1.54, 1.807) is 0 Å². The van der Waals surface area contributed by atoms with E-state index >= 15 is 0 Å². The zero-order chi connectivity index (χ0) is 62.5. The summed E-state index contributed by atoms with van der Waals surface area (Å²) in [5, 5.41) is 60.2. The lowest BCUT2D eigenvalue weighted by atomic mass is 9.79. The minimum atomic E-state index is -0.728. The third kappa shape index (κ3) is 13.0. The van der Waals surface area contributed by atoms with Crippen molar-refractivity contribution in [2.75, 3.05) is 47.6 Å². The van der Waals surface area contributed by atoms with Crippen LogP contribution in [-0.2, 0) is 47.3 Å². The number of nitro groups is 2. The van der Waals surface area contributed by atoms with Gasteiger partial charge in [-0.25, -0.2) is 0 Å². The lowest BCUT2D eigenvalue weighted by molar-refractivity contribution is -0.385. The molecule has 0 aliphatic heterocycles. The van der Waals surface area contributed by atoms with Gasteiger partial charge in [0, 0.05) is 74.4 Å². The molecule has 0 fully saturated rings. The Hall–Kier alpha value is -9.32. The summed E-state index contributed by atoms with van der Waals surface area (Å²) >= 11 is 0. The van der Waals surface area contributed by atoms with Gasteiger partial charge in [-0.3, -0.25) is 39.4 Å². The predicted octanol–water partition coefficient (Wildman–Crippen LogP) is 12.4. The molecule has 86 heavy (non-hydrogen) atoms. The smallest absolute Gasteiger partial charge is 0.269 e. The number of nitro benzene ring substituents is 2. The summed E-state index contributed by atoms with van der Waals surface area (Å²) in [4.78, 5) is 73.2. The van der Waals surface area contributed by atoms with Crippen LogP contribution in [-0.4, -0.2) is 46.4 Å². The molecule has 1 aliphatic carbocycles. The number of fused-ring (bicyclic) bond motifs is 8. The van der Waals surface area contributed by atoms with Gasteiger partial charge in [0.2, 0.25) is 0 Å². The van der Waals surface area contributed by atoms with E-state index in [-0.39, 0.29) is 119 Å². The third-order valence-corrected chi connectivity index (χ3v) is 15.8. The first-order valence-electron chi connectivity index (χ1n) is 28.7. The van der Waals surface area contributed by atoms with E-state index < -0.39 is 31.6 Å². The second kappa shape index (κ2) is 23.3. The molecule has 8 aromatic rings. The number of hydrogen-bond donors (Lipinski definition) is 6. The maximum absolute atomic E-state index is 13.0. The van der Waals surface area contributed by atoms with Crippen LogP contribution in [0.2, 0.25) is 0 Å². The molecule has 0 saturated heterocycles. The molecule has 448 valence electrons. The molecular formula is C68H74N6O12. The minimum absolute atomic E-state index is 0.0263. The Labute approximate surface area is 499 Å². The summed E-state index contributed by atoms with van der Waals surface area (Å²) in [7, 11) is 0. The first kappa shape index (κ1) is 61.2. The monoisotopic (exact) mass is 1170 g/mol. The fourth-order valence-electron chi connectivity index (χ4n) is 10.7. The van der Waals surface area contributed by atoms with Crippen molar-refractivity contribution >= 4 is 45.5 Å². The number of non-ortho nitro benzene ring substituents is 2. The SMILES string of the molecule is CC(C)(C)c1cc2c(O)c(c1)Cc1cc(C(C)(C)C)cc(c1OCCNc1c(Nc3ccc([N+](=O)[O-])cc3)c(=O)c1=O)Cc1cc(C(C)(C)C)cc(c1O)Cc1cc(C(C)(C)C)cc(c1OCCNc1c(Nc3ccc([N+](=O)[O-])cc3)c(=O)c1=O)C2. The number of ether oxygens (including phenoxy) is 2. The Bertz CT molecular complexity index is 3740. The number of nitrogens with one attached hydrogen (secondary N) is 4. The number of aromatic hydroxyl groups is 2. The molecule has 0 unspecified atom stereocenters. The Morgan fingerprint density at radius 2 is 0.651 bits per heavy atom. The fourth-order valence-corrected chi connectivity index (χ4v) is 10.7. The highest BCUT2D eigenvalue weighted by Gasteiger charge is 2.30. The van der Waals surface area contributed by atoms with Gasteiger partial charge in [0.1, 0.15) is 59.0 Å². The summed E-state index contributed by atoms with van der Waals surface area (Å²) in [6.45, 7) is 25.7. The third-order valence-electron chi connectivity index (χ3n) is 15.8. The van der Waals surface area contributed by atoms with Crippen LogP contribution in [0.4, 0.5) is 45.5 Å². The average molecular weight is 1170 g/mol. The molecule has 18 heteroatoms. The lowest BCUT2D eigenvalue weighted by Crippen LogP contribution is -2.37. The van der Waals surface area contributed by atoms with Crippen molar-refractivity contribution in [2.24, 2.45) is 0 Å². The van der Waals surface area contributed by atoms with Gasteiger partial charge in [-0.15, -0.1) is 0 Å². The number of nitrogens with zero attached hydrogens (tertiary/aromatic N) is 2. The van der Waals surface area contributed by atoms with Crippen LogP contribution in [0.3, 0.4) is 0 Å². The highest BCUT2D eigenvalue weighted by Crippen LogP contribution is 2.44. The molecule has 8 aromatic carbocycles. The van der Waals surface area contributed by atoms with E-state index in [1.807, 2.05) is 24.3 Å². The van der Waals surface area contributed by atoms with E-state index in [0.29, 0.717) is 45.1 Å². The highest BCUT2D eigenvalue weighted by atomic mass is 16.6. The van der Waals surface area contributed by atoms with Crippen LogP contribution in [0, 0.1) is 20.2 Å². The van der Waals surface area contributed by atoms with Gasteiger partial charge in [0.15, 0.2) is 0 Å². The van der Waals surface area contributed by atoms with E-state index in [2.05, 4.69) is 129 Å². The second-order valence-electron chi connectivity index (χ2n) is 26.5. The number of hydrogen-bond acceptors (Lipinski definition) is 16. The summed E-state index contributed by atoms with van der Waals surface area (Å²) in [5.74, 6) is 1.25. The molecule has 1 aliphatic rings. The molecule has 0 radical (unpaired) electrons. The zero-order valence-electron chi connectivity index (χ0n) is 50.8. The molecule has 8 bridgehead atoms. The van der Waals surface area contributed by atoms with Crippen LogP contribution in [0.25, 0.3) is 0 Å². The predicted molar refractivity (Wildman–Crippen MR) is 339 cm³/mol.